The van der Waals surface area contributed by atoms with Crippen molar-refractivity contribution in [1.82, 2.24) is 9.47 Å². The fraction of sp³-hybridized carbons (Fsp3) is 0.429. The first kappa shape index (κ1) is 18.2. The third-order valence-corrected chi connectivity index (χ3v) is 5.12. The van der Waals surface area contributed by atoms with Gasteiger partial charge in [-0.3, -0.25) is 9.59 Å². The second-order valence-corrected chi connectivity index (χ2v) is 7.16. The van der Waals surface area contributed by atoms with Gasteiger partial charge in [0.25, 0.3) is 11.5 Å². The van der Waals surface area contributed by atoms with Gasteiger partial charge >= 0.3 is 0 Å². The predicted molar refractivity (Wildman–Crippen MR) is 102 cm³/mol. The van der Waals surface area contributed by atoms with Gasteiger partial charge in [0.1, 0.15) is 11.9 Å². The number of piperidine rings is 1. The number of pyridine rings is 1. The molecule has 0 radical (unpaired) electrons. The minimum atomic E-state index is -0.0672. The number of amides is 1. The molecule has 1 saturated heterocycles. The van der Waals surface area contributed by atoms with Gasteiger partial charge in [-0.2, -0.15) is 0 Å². The van der Waals surface area contributed by atoms with E-state index in [1.165, 1.54) is 6.07 Å². The number of ether oxygens (including phenoxy) is 1. The van der Waals surface area contributed by atoms with E-state index in [0.717, 1.165) is 35.2 Å². The molecule has 1 aromatic carbocycles. The number of hydrogen-bond donors (Lipinski definition) is 0. The van der Waals surface area contributed by atoms with Gasteiger partial charge in [0, 0.05) is 50.3 Å². The molecule has 1 amide bonds. The monoisotopic (exact) mass is 354 g/mol. The van der Waals surface area contributed by atoms with E-state index >= 15 is 0 Å². The summed E-state index contributed by atoms with van der Waals surface area (Å²) in [6.45, 7) is 7.23. The van der Waals surface area contributed by atoms with Gasteiger partial charge in [0.15, 0.2) is 0 Å². The number of carbonyl (C=O) groups is 1. The minimum absolute atomic E-state index is 0.0321. The predicted octanol–water partition coefficient (Wildman–Crippen LogP) is 2.99. The normalized spacial score (nSPS) is 15.2. The molecule has 0 atom stereocenters. The van der Waals surface area contributed by atoms with E-state index in [9.17, 15) is 9.59 Å². The summed E-state index contributed by atoms with van der Waals surface area (Å²) in [5.41, 5.74) is 3.76. The molecule has 2 heterocycles. The van der Waals surface area contributed by atoms with Crippen LogP contribution < -0.4 is 10.3 Å². The van der Waals surface area contributed by atoms with Crippen LogP contribution in [0.3, 0.4) is 0 Å². The largest absolute Gasteiger partial charge is 0.490 e. The van der Waals surface area contributed by atoms with Crippen molar-refractivity contribution in [2.75, 3.05) is 13.1 Å². The lowest BCUT2D eigenvalue weighted by atomic mass is 10.0. The number of likely N-dealkylation sites (tertiary alicyclic amines) is 1. The van der Waals surface area contributed by atoms with Crippen LogP contribution in [-0.2, 0) is 7.05 Å². The van der Waals surface area contributed by atoms with Crippen molar-refractivity contribution in [1.29, 1.82) is 0 Å². The topological polar surface area (TPSA) is 51.5 Å². The van der Waals surface area contributed by atoms with E-state index in [0.29, 0.717) is 18.8 Å². The first-order chi connectivity index (χ1) is 12.3. The molecular formula is C21H26N2O3. The van der Waals surface area contributed by atoms with Crippen LogP contribution in [0.15, 0.2) is 35.1 Å². The second kappa shape index (κ2) is 7.36. The molecule has 3 rings (SSSR count). The highest BCUT2D eigenvalue weighted by Gasteiger charge is 2.25. The maximum atomic E-state index is 12.8. The molecule has 1 fully saturated rings. The zero-order valence-corrected chi connectivity index (χ0v) is 15.9. The lowest BCUT2D eigenvalue weighted by Crippen LogP contribution is -2.42. The van der Waals surface area contributed by atoms with Crippen molar-refractivity contribution >= 4 is 5.91 Å². The summed E-state index contributed by atoms with van der Waals surface area (Å²) in [7, 11) is 1.75. The number of aryl methyl sites for hydroxylation is 3. The van der Waals surface area contributed by atoms with Crippen molar-refractivity contribution < 1.29 is 9.53 Å². The van der Waals surface area contributed by atoms with Crippen LogP contribution in [0.5, 0.6) is 5.75 Å². The SMILES string of the molecule is Cc1ccc(C(=O)N2CCC(Oc3cc(C)n(C)c(=O)c3)CC2)c(C)c1. The maximum Gasteiger partial charge on any atom is 0.254 e. The summed E-state index contributed by atoms with van der Waals surface area (Å²) in [6.07, 6.45) is 1.57. The lowest BCUT2D eigenvalue weighted by molar-refractivity contribution is 0.0594. The van der Waals surface area contributed by atoms with E-state index in [1.807, 2.05) is 49.9 Å². The summed E-state index contributed by atoms with van der Waals surface area (Å²) in [5, 5.41) is 0. The van der Waals surface area contributed by atoms with Crippen molar-refractivity contribution in [2.24, 2.45) is 7.05 Å². The summed E-state index contributed by atoms with van der Waals surface area (Å²) in [6, 6.07) is 9.35. The molecule has 5 nitrogen and oxygen atoms in total. The molecule has 5 heteroatoms. The van der Waals surface area contributed by atoms with Crippen LogP contribution in [-0.4, -0.2) is 34.6 Å². The fourth-order valence-electron chi connectivity index (χ4n) is 3.40. The van der Waals surface area contributed by atoms with Gasteiger partial charge in [-0.25, -0.2) is 0 Å². The lowest BCUT2D eigenvalue weighted by Gasteiger charge is -2.32. The van der Waals surface area contributed by atoms with E-state index in [1.54, 1.807) is 11.6 Å². The highest BCUT2D eigenvalue weighted by Crippen LogP contribution is 2.21. The summed E-state index contributed by atoms with van der Waals surface area (Å²) in [5.74, 6) is 0.704. The maximum absolute atomic E-state index is 12.8. The Balaban J connectivity index is 1.62. The van der Waals surface area contributed by atoms with Gasteiger partial charge in [-0.15, -0.1) is 0 Å². The molecule has 0 aliphatic carbocycles. The number of benzene rings is 1. The average molecular weight is 354 g/mol. The zero-order chi connectivity index (χ0) is 18.8. The molecule has 1 aliphatic heterocycles. The third kappa shape index (κ3) is 3.82. The van der Waals surface area contributed by atoms with Gasteiger partial charge < -0.3 is 14.2 Å². The van der Waals surface area contributed by atoms with Crippen molar-refractivity contribution in [3.05, 3.63) is 63.1 Å². The Morgan fingerprint density at radius 3 is 2.38 bits per heavy atom. The molecular weight excluding hydrogens is 328 g/mol. The quantitative estimate of drug-likeness (QED) is 0.851. The first-order valence-electron chi connectivity index (χ1n) is 9.06. The van der Waals surface area contributed by atoms with E-state index in [-0.39, 0.29) is 17.6 Å². The van der Waals surface area contributed by atoms with Crippen LogP contribution >= 0.6 is 0 Å². The van der Waals surface area contributed by atoms with Gasteiger partial charge in [-0.05, 0) is 38.5 Å². The molecule has 1 aliphatic rings. The van der Waals surface area contributed by atoms with Crippen LogP contribution in [0.2, 0.25) is 0 Å². The Morgan fingerprint density at radius 2 is 1.77 bits per heavy atom. The minimum Gasteiger partial charge on any atom is -0.490 e. The van der Waals surface area contributed by atoms with Crippen LogP contribution in [0.1, 0.15) is 40.0 Å². The van der Waals surface area contributed by atoms with E-state index < -0.39 is 0 Å². The van der Waals surface area contributed by atoms with Gasteiger partial charge in [-0.1, -0.05) is 17.7 Å². The molecule has 0 N–H and O–H groups in total. The fourth-order valence-corrected chi connectivity index (χ4v) is 3.40. The standard InChI is InChI=1S/C21H26N2O3/c1-14-5-6-19(15(2)11-14)21(25)23-9-7-17(8-10-23)26-18-12-16(3)22(4)20(24)13-18/h5-6,11-13,17H,7-10H2,1-4H3. The van der Waals surface area contributed by atoms with Crippen LogP contribution in [0, 0.1) is 20.8 Å². The Kier molecular flexibility index (Phi) is 5.16. The highest BCUT2D eigenvalue weighted by molar-refractivity contribution is 5.95. The Bertz CT molecular complexity index is 877. The summed E-state index contributed by atoms with van der Waals surface area (Å²) >= 11 is 0. The molecule has 2 aromatic rings. The Hall–Kier alpha value is -2.56. The number of carbonyl (C=O) groups excluding carboxylic acids is 1. The first-order valence-corrected chi connectivity index (χ1v) is 9.06. The number of aromatic nitrogens is 1. The molecule has 0 bridgehead atoms. The summed E-state index contributed by atoms with van der Waals surface area (Å²) in [4.78, 5) is 26.5. The Morgan fingerprint density at radius 1 is 1.08 bits per heavy atom. The van der Waals surface area contributed by atoms with Crippen molar-refractivity contribution in [3.8, 4) is 5.75 Å². The smallest absolute Gasteiger partial charge is 0.254 e. The molecule has 1 aromatic heterocycles. The van der Waals surface area contributed by atoms with E-state index in [4.69, 9.17) is 4.74 Å². The van der Waals surface area contributed by atoms with Crippen molar-refractivity contribution in [2.45, 2.75) is 39.7 Å². The molecule has 138 valence electrons. The van der Waals surface area contributed by atoms with E-state index in [2.05, 4.69) is 0 Å². The molecule has 26 heavy (non-hydrogen) atoms. The second-order valence-electron chi connectivity index (χ2n) is 7.16. The molecule has 0 saturated carbocycles. The number of nitrogens with zero attached hydrogens (tertiary/aromatic N) is 2. The average Bonchev–Trinajstić information content (AvgIpc) is 2.60. The summed E-state index contributed by atoms with van der Waals surface area (Å²) < 4.78 is 7.59. The van der Waals surface area contributed by atoms with Crippen molar-refractivity contribution in [3.63, 3.8) is 0 Å². The zero-order valence-electron chi connectivity index (χ0n) is 15.9. The van der Waals surface area contributed by atoms with Gasteiger partial charge in [0.2, 0.25) is 0 Å². The van der Waals surface area contributed by atoms with Crippen LogP contribution in [0.25, 0.3) is 0 Å². The molecule has 0 unspecified atom stereocenters. The number of rotatable bonds is 3. The van der Waals surface area contributed by atoms with Gasteiger partial charge in [0.05, 0.1) is 0 Å². The molecule has 0 spiro atoms. The third-order valence-electron chi connectivity index (χ3n) is 5.12. The van der Waals surface area contributed by atoms with Crippen LogP contribution in [0.4, 0.5) is 0 Å². The Labute approximate surface area is 154 Å². The highest BCUT2D eigenvalue weighted by atomic mass is 16.5. The number of hydrogen-bond acceptors (Lipinski definition) is 3.